The SMILES string of the molecule is CCS(=O)(=O)c1c(-c2nc3cc(C(F)(F)F)n(C)c(=O)c3n2C)nc2n1CCC(C)(C)C2. The van der Waals surface area contributed by atoms with Crippen LogP contribution in [0, 0.1) is 5.41 Å². The van der Waals surface area contributed by atoms with Crippen LogP contribution in [0.25, 0.3) is 22.6 Å². The molecule has 0 aromatic carbocycles. The Morgan fingerprint density at radius 1 is 1.16 bits per heavy atom. The third kappa shape index (κ3) is 3.35. The molecule has 8 nitrogen and oxygen atoms in total. The van der Waals surface area contributed by atoms with Gasteiger partial charge in [-0.05, 0) is 17.9 Å². The van der Waals surface area contributed by atoms with E-state index in [4.69, 9.17) is 0 Å². The largest absolute Gasteiger partial charge is 0.431 e. The maximum atomic E-state index is 13.4. The van der Waals surface area contributed by atoms with Crippen molar-refractivity contribution >= 4 is 20.9 Å². The molecule has 0 spiro atoms. The van der Waals surface area contributed by atoms with Crippen molar-refractivity contribution < 1.29 is 21.6 Å². The van der Waals surface area contributed by atoms with E-state index in [-0.39, 0.29) is 38.7 Å². The lowest BCUT2D eigenvalue weighted by molar-refractivity contribution is -0.143. The van der Waals surface area contributed by atoms with E-state index in [0.717, 1.165) is 19.5 Å². The van der Waals surface area contributed by atoms with Crippen LogP contribution in [-0.4, -0.2) is 37.8 Å². The van der Waals surface area contributed by atoms with E-state index in [0.29, 0.717) is 23.4 Å². The molecule has 0 saturated carbocycles. The van der Waals surface area contributed by atoms with Crippen molar-refractivity contribution in [2.45, 2.75) is 51.4 Å². The zero-order valence-electron chi connectivity index (χ0n) is 18.4. The Labute approximate surface area is 182 Å². The molecule has 3 aromatic heterocycles. The average molecular weight is 472 g/mol. The first-order valence-electron chi connectivity index (χ1n) is 10.1. The van der Waals surface area contributed by atoms with Gasteiger partial charge in [0.25, 0.3) is 5.56 Å². The summed E-state index contributed by atoms with van der Waals surface area (Å²) >= 11 is 0. The maximum absolute atomic E-state index is 13.4. The highest BCUT2D eigenvalue weighted by Gasteiger charge is 2.37. The number of alkyl halides is 3. The first kappa shape index (κ1) is 22.6. The second kappa shape index (κ2) is 6.93. The van der Waals surface area contributed by atoms with Gasteiger partial charge in [0.1, 0.15) is 22.7 Å². The van der Waals surface area contributed by atoms with Gasteiger partial charge in [-0.15, -0.1) is 0 Å². The molecule has 0 bridgehead atoms. The number of hydrogen-bond acceptors (Lipinski definition) is 5. The van der Waals surface area contributed by atoms with Gasteiger partial charge in [0.2, 0.25) is 0 Å². The Hall–Kier alpha value is -2.63. The number of imidazole rings is 2. The van der Waals surface area contributed by atoms with Gasteiger partial charge in [-0.1, -0.05) is 20.8 Å². The zero-order chi connectivity index (χ0) is 23.8. The molecule has 1 aliphatic heterocycles. The van der Waals surface area contributed by atoms with E-state index in [1.165, 1.54) is 18.5 Å². The molecule has 4 rings (SSSR count). The molecule has 32 heavy (non-hydrogen) atoms. The summed E-state index contributed by atoms with van der Waals surface area (Å²) in [5.41, 5.74) is -2.23. The number of halogens is 3. The van der Waals surface area contributed by atoms with Crippen molar-refractivity contribution in [2.75, 3.05) is 5.75 Å². The molecule has 0 aliphatic carbocycles. The van der Waals surface area contributed by atoms with Gasteiger partial charge in [0.15, 0.2) is 20.7 Å². The molecule has 4 heterocycles. The monoisotopic (exact) mass is 471 g/mol. The molecule has 0 N–H and O–H groups in total. The van der Waals surface area contributed by atoms with E-state index in [1.807, 2.05) is 0 Å². The summed E-state index contributed by atoms with van der Waals surface area (Å²) in [6.07, 6.45) is -3.45. The van der Waals surface area contributed by atoms with E-state index in [9.17, 15) is 26.4 Å². The number of pyridine rings is 1. The fourth-order valence-corrected chi connectivity index (χ4v) is 5.47. The lowest BCUT2D eigenvalue weighted by Crippen LogP contribution is -2.28. The summed E-state index contributed by atoms with van der Waals surface area (Å²) in [5, 5.41) is -0.00299. The van der Waals surface area contributed by atoms with Crippen LogP contribution in [0.4, 0.5) is 13.2 Å². The van der Waals surface area contributed by atoms with Gasteiger partial charge >= 0.3 is 6.18 Å². The van der Waals surface area contributed by atoms with Crippen LogP contribution in [0.1, 0.15) is 38.7 Å². The topological polar surface area (TPSA) is 91.8 Å². The average Bonchev–Trinajstić information content (AvgIpc) is 3.20. The molecule has 174 valence electrons. The molecule has 0 amide bonds. The van der Waals surface area contributed by atoms with E-state index in [2.05, 4.69) is 23.8 Å². The number of fused-ring (bicyclic) bond motifs is 2. The van der Waals surface area contributed by atoms with Crippen molar-refractivity contribution in [1.29, 1.82) is 0 Å². The lowest BCUT2D eigenvalue weighted by atomic mass is 9.83. The zero-order valence-corrected chi connectivity index (χ0v) is 19.2. The van der Waals surface area contributed by atoms with Gasteiger partial charge < -0.3 is 13.7 Å². The fraction of sp³-hybridized carbons (Fsp3) is 0.550. The fourth-order valence-electron chi connectivity index (χ4n) is 4.23. The van der Waals surface area contributed by atoms with E-state index >= 15 is 0 Å². The first-order valence-corrected chi connectivity index (χ1v) is 11.8. The molecular weight excluding hydrogens is 447 g/mol. The second-order valence-electron chi connectivity index (χ2n) is 8.95. The Morgan fingerprint density at radius 2 is 1.81 bits per heavy atom. The van der Waals surface area contributed by atoms with Gasteiger partial charge in [-0.3, -0.25) is 4.79 Å². The lowest BCUT2D eigenvalue weighted by Gasteiger charge is -2.30. The summed E-state index contributed by atoms with van der Waals surface area (Å²) < 4.78 is 69.7. The highest BCUT2D eigenvalue weighted by Crippen LogP contribution is 2.38. The second-order valence-corrected chi connectivity index (χ2v) is 11.1. The summed E-state index contributed by atoms with van der Waals surface area (Å²) in [7, 11) is -1.21. The van der Waals surface area contributed by atoms with Gasteiger partial charge in [-0.25, -0.2) is 18.4 Å². The molecule has 0 saturated heterocycles. The molecule has 0 radical (unpaired) electrons. The van der Waals surface area contributed by atoms with Gasteiger partial charge in [0, 0.05) is 27.1 Å². The number of hydrogen-bond donors (Lipinski definition) is 0. The molecule has 12 heteroatoms. The van der Waals surface area contributed by atoms with Crippen LogP contribution in [0.2, 0.25) is 0 Å². The highest BCUT2D eigenvalue weighted by atomic mass is 32.2. The summed E-state index contributed by atoms with van der Waals surface area (Å²) in [4.78, 5) is 21.6. The van der Waals surface area contributed by atoms with Crippen molar-refractivity contribution in [3.63, 3.8) is 0 Å². The number of nitrogens with zero attached hydrogens (tertiary/aromatic N) is 5. The van der Waals surface area contributed by atoms with Crippen LogP contribution < -0.4 is 5.56 Å². The minimum absolute atomic E-state index is 0.00299. The summed E-state index contributed by atoms with van der Waals surface area (Å²) in [6, 6.07) is 0.799. The summed E-state index contributed by atoms with van der Waals surface area (Å²) in [5.74, 6) is 0.459. The van der Waals surface area contributed by atoms with Crippen LogP contribution in [0.15, 0.2) is 15.9 Å². The standard InChI is InChI=1S/C20H24F3N5O3S/c1-6-32(30,31)18-14(25-13-10-19(2,3)7-8-28(13)18)16-24-11-9-12(20(21,22)23)26(4)17(29)15(11)27(16)5/h9H,6-8,10H2,1-5H3. The Balaban J connectivity index is 2.06. The number of rotatable bonds is 3. The molecule has 0 atom stereocenters. The summed E-state index contributed by atoms with van der Waals surface area (Å²) in [6.45, 7) is 6.10. The maximum Gasteiger partial charge on any atom is 0.431 e. The quantitative estimate of drug-likeness (QED) is 0.586. The third-order valence-corrected chi connectivity index (χ3v) is 7.85. The normalized spacial score (nSPS) is 16.5. The van der Waals surface area contributed by atoms with Crippen LogP contribution >= 0.6 is 0 Å². The molecular formula is C20H24F3N5O3S. The van der Waals surface area contributed by atoms with Crippen LogP contribution in [0.5, 0.6) is 0 Å². The molecule has 0 fully saturated rings. The van der Waals surface area contributed by atoms with Gasteiger partial charge in [0.05, 0.1) is 11.3 Å². The van der Waals surface area contributed by atoms with Crippen molar-refractivity contribution in [3.8, 4) is 11.5 Å². The Morgan fingerprint density at radius 3 is 2.41 bits per heavy atom. The van der Waals surface area contributed by atoms with E-state index < -0.39 is 27.3 Å². The highest BCUT2D eigenvalue weighted by molar-refractivity contribution is 7.91. The van der Waals surface area contributed by atoms with E-state index in [1.54, 1.807) is 4.57 Å². The Bertz CT molecular complexity index is 1410. The minimum atomic E-state index is -4.74. The van der Waals surface area contributed by atoms with Crippen LogP contribution in [-0.2, 0) is 43.1 Å². The van der Waals surface area contributed by atoms with Crippen molar-refractivity contribution in [2.24, 2.45) is 19.5 Å². The van der Waals surface area contributed by atoms with Crippen LogP contribution in [0.3, 0.4) is 0 Å². The number of aromatic nitrogens is 5. The first-order chi connectivity index (χ1) is 14.7. The van der Waals surface area contributed by atoms with Crippen molar-refractivity contribution in [1.82, 2.24) is 23.7 Å². The number of aryl methyl sites for hydroxylation is 1. The minimum Gasteiger partial charge on any atom is -0.321 e. The molecule has 3 aromatic rings. The molecule has 0 unspecified atom stereocenters. The number of sulfone groups is 1. The smallest absolute Gasteiger partial charge is 0.321 e. The third-order valence-electron chi connectivity index (χ3n) is 6.09. The molecule has 1 aliphatic rings. The predicted molar refractivity (Wildman–Crippen MR) is 112 cm³/mol. The Kier molecular flexibility index (Phi) is 4.89. The predicted octanol–water partition coefficient (Wildman–Crippen LogP) is 2.92. The van der Waals surface area contributed by atoms with Gasteiger partial charge in [-0.2, -0.15) is 13.2 Å². The van der Waals surface area contributed by atoms with Crippen molar-refractivity contribution in [3.05, 3.63) is 27.9 Å².